The normalized spacial score (nSPS) is 18.0. The minimum atomic E-state index is -3.23. The van der Waals surface area contributed by atoms with E-state index >= 15 is 0 Å². The summed E-state index contributed by atoms with van der Waals surface area (Å²) >= 11 is 0. The minimum Gasteiger partial charge on any atom is -0.494 e. The fourth-order valence-corrected chi connectivity index (χ4v) is 3.46. The van der Waals surface area contributed by atoms with E-state index in [2.05, 4.69) is 0 Å². The SMILES string of the molecule is CS(=O)(=O)c1ccc(OCCCC(=O)N2CCCCC2C(=O)O)cc1. The molecule has 25 heavy (non-hydrogen) atoms. The van der Waals surface area contributed by atoms with Gasteiger partial charge in [0.25, 0.3) is 0 Å². The number of ether oxygens (including phenoxy) is 1. The number of piperidine rings is 1. The first-order valence-corrected chi connectivity index (χ1v) is 10.1. The molecule has 2 rings (SSSR count). The molecule has 1 heterocycles. The molecule has 1 aromatic carbocycles. The first-order valence-electron chi connectivity index (χ1n) is 8.24. The van der Waals surface area contributed by atoms with Crippen LogP contribution in [0.1, 0.15) is 32.1 Å². The first-order chi connectivity index (χ1) is 11.8. The van der Waals surface area contributed by atoms with E-state index in [4.69, 9.17) is 4.74 Å². The van der Waals surface area contributed by atoms with E-state index in [1.165, 1.54) is 17.0 Å². The van der Waals surface area contributed by atoms with Crippen LogP contribution in [-0.4, -0.2) is 55.7 Å². The number of carboxylic acid groups (broad SMARTS) is 1. The molecule has 0 aliphatic carbocycles. The zero-order valence-corrected chi connectivity index (χ0v) is 15.0. The molecule has 1 aliphatic rings. The van der Waals surface area contributed by atoms with Crippen LogP contribution in [0.5, 0.6) is 5.75 Å². The molecular weight excluding hydrogens is 346 g/mol. The summed E-state index contributed by atoms with van der Waals surface area (Å²) in [7, 11) is -3.23. The van der Waals surface area contributed by atoms with Crippen LogP contribution < -0.4 is 4.74 Å². The summed E-state index contributed by atoms with van der Waals surface area (Å²) in [5.74, 6) is -0.584. The molecule has 7 nitrogen and oxygen atoms in total. The van der Waals surface area contributed by atoms with Gasteiger partial charge in [-0.15, -0.1) is 0 Å². The van der Waals surface area contributed by atoms with E-state index in [-0.39, 0.29) is 17.2 Å². The highest BCUT2D eigenvalue weighted by molar-refractivity contribution is 7.90. The molecule has 0 saturated carbocycles. The fraction of sp³-hybridized carbons (Fsp3) is 0.529. The molecule has 1 aromatic rings. The molecule has 0 bridgehead atoms. The zero-order valence-electron chi connectivity index (χ0n) is 14.2. The maximum absolute atomic E-state index is 12.2. The van der Waals surface area contributed by atoms with Gasteiger partial charge in [-0.3, -0.25) is 4.79 Å². The van der Waals surface area contributed by atoms with E-state index in [9.17, 15) is 23.1 Å². The second-order valence-corrected chi connectivity index (χ2v) is 8.15. The lowest BCUT2D eigenvalue weighted by atomic mass is 10.0. The Morgan fingerprint density at radius 3 is 2.52 bits per heavy atom. The Hall–Kier alpha value is -2.09. The van der Waals surface area contributed by atoms with Crippen LogP contribution in [0.4, 0.5) is 0 Å². The minimum absolute atomic E-state index is 0.164. The third kappa shape index (κ3) is 5.45. The Morgan fingerprint density at radius 1 is 1.24 bits per heavy atom. The van der Waals surface area contributed by atoms with Crippen molar-refractivity contribution in [3.63, 3.8) is 0 Å². The molecule has 0 aromatic heterocycles. The maximum Gasteiger partial charge on any atom is 0.326 e. The monoisotopic (exact) mass is 369 g/mol. The van der Waals surface area contributed by atoms with Gasteiger partial charge in [-0.25, -0.2) is 13.2 Å². The molecule has 1 atom stereocenters. The Bertz CT molecular complexity index is 713. The number of benzene rings is 1. The summed E-state index contributed by atoms with van der Waals surface area (Å²) in [5, 5.41) is 9.20. The molecule has 1 N–H and O–H groups in total. The third-order valence-corrected chi connectivity index (χ3v) is 5.29. The van der Waals surface area contributed by atoms with Crippen molar-refractivity contribution in [1.29, 1.82) is 0 Å². The molecule has 1 aliphatic heterocycles. The van der Waals surface area contributed by atoms with Crippen LogP contribution in [0, 0.1) is 0 Å². The summed E-state index contributed by atoms with van der Waals surface area (Å²) < 4.78 is 28.3. The van der Waals surface area contributed by atoms with Crippen LogP contribution in [0.3, 0.4) is 0 Å². The van der Waals surface area contributed by atoms with Crippen molar-refractivity contribution in [3.8, 4) is 5.75 Å². The van der Waals surface area contributed by atoms with Gasteiger partial charge in [0.1, 0.15) is 11.8 Å². The van der Waals surface area contributed by atoms with E-state index < -0.39 is 21.8 Å². The van der Waals surface area contributed by atoms with Crippen molar-refractivity contribution in [3.05, 3.63) is 24.3 Å². The fourth-order valence-electron chi connectivity index (χ4n) is 2.83. The Kier molecular flexibility index (Phi) is 6.41. The number of nitrogens with zero attached hydrogens (tertiary/aromatic N) is 1. The predicted octanol–water partition coefficient (Wildman–Crippen LogP) is 1.71. The van der Waals surface area contributed by atoms with Gasteiger partial charge in [-0.05, 0) is 49.9 Å². The van der Waals surface area contributed by atoms with Crippen LogP contribution in [0.25, 0.3) is 0 Å². The van der Waals surface area contributed by atoms with E-state index in [0.29, 0.717) is 31.7 Å². The number of hydrogen-bond acceptors (Lipinski definition) is 5. The van der Waals surface area contributed by atoms with Gasteiger partial charge < -0.3 is 14.7 Å². The molecule has 0 spiro atoms. The Labute approximate surface area is 147 Å². The summed E-state index contributed by atoms with van der Waals surface area (Å²) in [6.45, 7) is 0.791. The van der Waals surface area contributed by atoms with Gasteiger partial charge in [-0.1, -0.05) is 0 Å². The Balaban J connectivity index is 1.78. The molecule has 1 saturated heterocycles. The molecule has 1 fully saturated rings. The molecule has 138 valence electrons. The number of likely N-dealkylation sites (tertiary alicyclic amines) is 1. The van der Waals surface area contributed by atoms with Crippen molar-refractivity contribution in [2.24, 2.45) is 0 Å². The van der Waals surface area contributed by atoms with E-state index in [1.54, 1.807) is 12.1 Å². The maximum atomic E-state index is 12.2. The molecule has 8 heteroatoms. The van der Waals surface area contributed by atoms with Crippen molar-refractivity contribution in [2.45, 2.75) is 43.0 Å². The summed E-state index contributed by atoms with van der Waals surface area (Å²) in [4.78, 5) is 25.1. The average molecular weight is 369 g/mol. The third-order valence-electron chi connectivity index (χ3n) is 4.16. The van der Waals surface area contributed by atoms with E-state index in [0.717, 1.165) is 19.1 Å². The van der Waals surface area contributed by atoms with Crippen LogP contribution in [0.15, 0.2) is 29.2 Å². The van der Waals surface area contributed by atoms with Crippen molar-refractivity contribution < 1.29 is 27.9 Å². The second kappa shape index (κ2) is 8.33. The number of carboxylic acids is 1. The van der Waals surface area contributed by atoms with Gasteiger partial charge in [0.2, 0.25) is 5.91 Å². The smallest absolute Gasteiger partial charge is 0.326 e. The van der Waals surface area contributed by atoms with E-state index in [1.807, 2.05) is 0 Å². The van der Waals surface area contributed by atoms with Gasteiger partial charge in [0.15, 0.2) is 9.84 Å². The highest BCUT2D eigenvalue weighted by Crippen LogP contribution is 2.19. The molecule has 1 amide bonds. The average Bonchev–Trinajstić information content (AvgIpc) is 2.58. The number of amides is 1. The lowest BCUT2D eigenvalue weighted by Crippen LogP contribution is -2.47. The number of rotatable bonds is 7. The van der Waals surface area contributed by atoms with Crippen molar-refractivity contribution in [2.75, 3.05) is 19.4 Å². The van der Waals surface area contributed by atoms with Crippen molar-refractivity contribution >= 4 is 21.7 Å². The number of carbonyl (C=O) groups excluding carboxylic acids is 1. The molecule has 1 unspecified atom stereocenters. The number of aliphatic carboxylic acids is 1. The molecule has 0 radical (unpaired) electrons. The lowest BCUT2D eigenvalue weighted by molar-refractivity contribution is -0.152. The first kappa shape index (κ1) is 19.2. The van der Waals surface area contributed by atoms with Crippen molar-refractivity contribution in [1.82, 2.24) is 4.90 Å². The van der Waals surface area contributed by atoms with Gasteiger partial charge in [0, 0.05) is 19.2 Å². The number of carbonyl (C=O) groups is 2. The molecular formula is C17H23NO6S. The van der Waals surface area contributed by atoms with Crippen LogP contribution in [0.2, 0.25) is 0 Å². The highest BCUT2D eigenvalue weighted by Gasteiger charge is 2.31. The topological polar surface area (TPSA) is 101 Å². The van der Waals surface area contributed by atoms with Crippen LogP contribution in [-0.2, 0) is 19.4 Å². The quantitative estimate of drug-likeness (QED) is 0.735. The second-order valence-electron chi connectivity index (χ2n) is 6.13. The number of hydrogen-bond donors (Lipinski definition) is 1. The summed E-state index contributed by atoms with van der Waals surface area (Å²) in [6.07, 6.45) is 4.00. The summed E-state index contributed by atoms with van der Waals surface area (Å²) in [5.41, 5.74) is 0. The van der Waals surface area contributed by atoms with Gasteiger partial charge in [-0.2, -0.15) is 0 Å². The number of sulfone groups is 1. The van der Waals surface area contributed by atoms with Crippen LogP contribution >= 0.6 is 0 Å². The lowest BCUT2D eigenvalue weighted by Gasteiger charge is -2.33. The predicted molar refractivity (Wildman–Crippen MR) is 91.3 cm³/mol. The van der Waals surface area contributed by atoms with Gasteiger partial charge >= 0.3 is 5.97 Å². The highest BCUT2D eigenvalue weighted by atomic mass is 32.2. The standard InChI is InChI=1S/C17H23NO6S/c1-25(22,23)14-9-7-13(8-10-14)24-12-4-6-16(19)18-11-3-2-5-15(18)17(20)21/h7-10,15H,2-6,11-12H2,1H3,(H,20,21). The Morgan fingerprint density at radius 2 is 1.92 bits per heavy atom. The summed E-state index contributed by atoms with van der Waals surface area (Å²) in [6, 6.07) is 5.37. The zero-order chi connectivity index (χ0) is 18.4. The van der Waals surface area contributed by atoms with Gasteiger partial charge in [0.05, 0.1) is 11.5 Å². The largest absolute Gasteiger partial charge is 0.494 e.